The van der Waals surface area contributed by atoms with Crippen LogP contribution in [0.5, 0.6) is 5.75 Å². The standard InChI is InChI=1S/C14H13N3O2S/c1-19-13-5-3-2-4-10(13)9-20(18)14-16-11-6-7-15-8-12(11)17-14/h2-8H,9H2,1H3,(H,16,17). The number of methoxy groups -OCH3 is 1. The Balaban J connectivity index is 1.87. The van der Waals surface area contributed by atoms with E-state index in [1.807, 2.05) is 30.3 Å². The second kappa shape index (κ2) is 5.52. The fourth-order valence-corrected chi connectivity index (χ4v) is 3.05. The Morgan fingerprint density at radius 1 is 1.30 bits per heavy atom. The van der Waals surface area contributed by atoms with Gasteiger partial charge in [0.05, 0.1) is 18.8 Å². The van der Waals surface area contributed by atoms with E-state index < -0.39 is 11.2 Å². The average molecular weight is 287 g/mol. The summed E-state index contributed by atoms with van der Waals surface area (Å²) in [5, 5.41) is 0.457. The summed E-state index contributed by atoms with van der Waals surface area (Å²) in [7, 11) is 1.61. The van der Waals surface area contributed by atoms with Crippen molar-refractivity contribution in [3.8, 4) is 5.75 Å². The Bertz CT molecular complexity index is 696. The molecule has 0 aliphatic heterocycles. The summed E-state index contributed by atoms with van der Waals surface area (Å²) in [5.41, 5.74) is 2.45. The predicted molar refractivity (Wildman–Crippen MR) is 77.0 cm³/mol. The number of ether oxygens (including phenoxy) is 1. The summed E-state index contributed by atoms with van der Waals surface area (Å²) < 4.78 is 17.7. The normalized spacial score (nSPS) is 12.5. The number of pyridine rings is 1. The molecular weight excluding hydrogens is 274 g/mol. The lowest BCUT2D eigenvalue weighted by Crippen LogP contribution is -2.08. The van der Waals surface area contributed by atoms with E-state index in [1.54, 1.807) is 19.5 Å². The number of aromatic amines is 1. The first-order valence-electron chi connectivity index (χ1n) is 6.08. The summed E-state index contributed by atoms with van der Waals surface area (Å²) in [6, 6.07) is 9.36. The molecule has 0 radical (unpaired) electrons. The molecule has 6 heteroatoms. The van der Waals surface area contributed by atoms with Gasteiger partial charge in [0, 0.05) is 22.9 Å². The van der Waals surface area contributed by atoms with E-state index in [0.717, 1.165) is 22.3 Å². The van der Waals surface area contributed by atoms with Crippen LogP contribution in [0.15, 0.2) is 47.9 Å². The molecule has 0 amide bonds. The third kappa shape index (κ3) is 2.48. The molecule has 0 aliphatic carbocycles. The number of para-hydroxylation sites is 1. The van der Waals surface area contributed by atoms with Crippen LogP contribution in [-0.2, 0) is 16.9 Å². The third-order valence-electron chi connectivity index (χ3n) is 2.96. The summed E-state index contributed by atoms with van der Waals surface area (Å²) in [6.45, 7) is 0. The minimum Gasteiger partial charge on any atom is -0.609 e. The van der Waals surface area contributed by atoms with Crippen LogP contribution in [0.3, 0.4) is 0 Å². The number of hydrogen-bond acceptors (Lipinski definition) is 4. The maximum atomic E-state index is 12.4. The van der Waals surface area contributed by atoms with Gasteiger partial charge in [-0.1, -0.05) is 18.2 Å². The molecule has 0 spiro atoms. The zero-order valence-electron chi connectivity index (χ0n) is 10.9. The van der Waals surface area contributed by atoms with Crippen molar-refractivity contribution in [1.82, 2.24) is 15.0 Å². The Kier molecular flexibility index (Phi) is 3.58. The van der Waals surface area contributed by atoms with Gasteiger partial charge in [-0.05, 0) is 12.1 Å². The van der Waals surface area contributed by atoms with Gasteiger partial charge >= 0.3 is 5.16 Å². The van der Waals surface area contributed by atoms with Gasteiger partial charge in [-0.2, -0.15) is 4.98 Å². The maximum Gasteiger partial charge on any atom is 0.322 e. The largest absolute Gasteiger partial charge is 0.609 e. The second-order valence-electron chi connectivity index (χ2n) is 4.24. The van der Waals surface area contributed by atoms with Crippen molar-refractivity contribution >= 4 is 22.2 Å². The van der Waals surface area contributed by atoms with E-state index in [-0.39, 0.29) is 0 Å². The van der Waals surface area contributed by atoms with Crippen molar-refractivity contribution in [2.75, 3.05) is 7.11 Å². The van der Waals surface area contributed by atoms with Crippen LogP contribution in [-0.4, -0.2) is 26.6 Å². The SMILES string of the molecule is COc1ccccc1C[S+]([O-])c1nc2cnccc2[nH]1. The highest BCUT2D eigenvalue weighted by Crippen LogP contribution is 2.23. The molecule has 1 N–H and O–H groups in total. The molecule has 3 aromatic rings. The van der Waals surface area contributed by atoms with E-state index in [1.165, 1.54) is 0 Å². The number of fused-ring (bicyclic) bond motifs is 1. The highest BCUT2D eigenvalue weighted by molar-refractivity contribution is 7.90. The second-order valence-corrected chi connectivity index (χ2v) is 5.60. The third-order valence-corrected chi connectivity index (χ3v) is 4.16. The van der Waals surface area contributed by atoms with Crippen LogP contribution >= 0.6 is 0 Å². The Hall–Kier alpha value is -2.05. The molecule has 0 saturated carbocycles. The van der Waals surface area contributed by atoms with E-state index in [9.17, 15) is 4.55 Å². The van der Waals surface area contributed by atoms with E-state index in [4.69, 9.17) is 4.74 Å². The first-order valence-corrected chi connectivity index (χ1v) is 7.40. The van der Waals surface area contributed by atoms with Crippen molar-refractivity contribution in [3.63, 3.8) is 0 Å². The quantitative estimate of drug-likeness (QED) is 0.747. The number of hydrogen-bond donors (Lipinski definition) is 1. The Morgan fingerprint density at radius 3 is 2.95 bits per heavy atom. The van der Waals surface area contributed by atoms with Gasteiger partial charge in [-0.3, -0.25) is 9.97 Å². The fourth-order valence-electron chi connectivity index (χ4n) is 1.97. The minimum absolute atomic E-state index is 0.358. The molecule has 3 rings (SSSR count). The lowest BCUT2D eigenvalue weighted by Gasteiger charge is -2.10. The number of nitrogens with zero attached hydrogens (tertiary/aromatic N) is 2. The van der Waals surface area contributed by atoms with Gasteiger partial charge in [0.15, 0.2) is 0 Å². The van der Waals surface area contributed by atoms with Crippen LogP contribution in [0.4, 0.5) is 0 Å². The molecule has 0 aliphatic rings. The van der Waals surface area contributed by atoms with Crippen LogP contribution in [0.1, 0.15) is 5.56 Å². The van der Waals surface area contributed by atoms with E-state index >= 15 is 0 Å². The molecule has 1 aromatic carbocycles. The highest BCUT2D eigenvalue weighted by Gasteiger charge is 2.19. The lowest BCUT2D eigenvalue weighted by atomic mass is 10.2. The van der Waals surface area contributed by atoms with Gasteiger partial charge in [0.2, 0.25) is 0 Å². The summed E-state index contributed by atoms with van der Waals surface area (Å²) >= 11 is -1.25. The molecule has 1 unspecified atom stereocenters. The topological polar surface area (TPSA) is 73.9 Å². The highest BCUT2D eigenvalue weighted by atomic mass is 32.2. The van der Waals surface area contributed by atoms with Gasteiger partial charge in [0.25, 0.3) is 0 Å². The zero-order valence-corrected chi connectivity index (χ0v) is 11.7. The molecule has 5 nitrogen and oxygen atoms in total. The van der Waals surface area contributed by atoms with Crippen LogP contribution in [0.25, 0.3) is 11.0 Å². The Labute approximate surface area is 119 Å². The minimum atomic E-state index is -1.25. The molecular formula is C14H13N3O2S. The van der Waals surface area contributed by atoms with Gasteiger partial charge in [-0.25, -0.2) is 0 Å². The van der Waals surface area contributed by atoms with Gasteiger partial charge in [-0.15, -0.1) is 0 Å². The van der Waals surface area contributed by atoms with E-state index in [2.05, 4.69) is 15.0 Å². The number of nitrogens with one attached hydrogen (secondary N) is 1. The smallest absolute Gasteiger partial charge is 0.322 e. The number of benzene rings is 1. The van der Waals surface area contributed by atoms with Crippen molar-refractivity contribution in [2.45, 2.75) is 10.9 Å². The first kappa shape index (κ1) is 13.0. The monoisotopic (exact) mass is 287 g/mol. The predicted octanol–water partition coefficient (Wildman–Crippen LogP) is 2.27. The lowest BCUT2D eigenvalue weighted by molar-refractivity contribution is 0.411. The number of aromatic nitrogens is 3. The van der Waals surface area contributed by atoms with Gasteiger partial charge in [0.1, 0.15) is 17.0 Å². The Morgan fingerprint density at radius 2 is 2.15 bits per heavy atom. The number of imidazole rings is 1. The number of rotatable bonds is 4. The molecule has 0 saturated heterocycles. The molecule has 1 atom stereocenters. The first-order chi connectivity index (χ1) is 9.78. The van der Waals surface area contributed by atoms with Crippen molar-refractivity contribution in [1.29, 1.82) is 0 Å². The van der Waals surface area contributed by atoms with Crippen molar-refractivity contribution in [3.05, 3.63) is 48.3 Å². The van der Waals surface area contributed by atoms with Crippen LogP contribution in [0.2, 0.25) is 0 Å². The molecule has 0 fully saturated rings. The van der Waals surface area contributed by atoms with Crippen molar-refractivity contribution in [2.24, 2.45) is 0 Å². The molecule has 20 heavy (non-hydrogen) atoms. The molecule has 0 bridgehead atoms. The maximum absolute atomic E-state index is 12.4. The average Bonchev–Trinajstić information content (AvgIpc) is 2.92. The summed E-state index contributed by atoms with van der Waals surface area (Å²) in [6.07, 6.45) is 3.32. The van der Waals surface area contributed by atoms with Crippen LogP contribution in [0, 0.1) is 0 Å². The number of H-pyrrole nitrogens is 1. The summed E-state index contributed by atoms with van der Waals surface area (Å²) in [4.78, 5) is 11.4. The fraction of sp³-hybridized carbons (Fsp3) is 0.143. The molecule has 2 aromatic heterocycles. The molecule has 102 valence electrons. The zero-order chi connectivity index (χ0) is 13.9. The van der Waals surface area contributed by atoms with Gasteiger partial charge < -0.3 is 9.29 Å². The van der Waals surface area contributed by atoms with Crippen molar-refractivity contribution < 1.29 is 9.29 Å². The van der Waals surface area contributed by atoms with Crippen LogP contribution < -0.4 is 4.74 Å². The summed E-state index contributed by atoms with van der Waals surface area (Å²) in [5.74, 6) is 1.09. The molecule has 2 heterocycles. The van der Waals surface area contributed by atoms with E-state index in [0.29, 0.717) is 10.9 Å².